The van der Waals surface area contributed by atoms with Gasteiger partial charge >= 0.3 is 0 Å². The fourth-order valence-corrected chi connectivity index (χ4v) is 4.51. The maximum Gasteiger partial charge on any atom is 0.291 e. The van der Waals surface area contributed by atoms with Crippen molar-refractivity contribution in [3.63, 3.8) is 0 Å². The fraction of sp³-hybridized carbons (Fsp3) is 0.760. The number of ether oxygens (including phenoxy) is 4. The van der Waals surface area contributed by atoms with Crippen molar-refractivity contribution in [2.24, 2.45) is 0 Å². The van der Waals surface area contributed by atoms with Crippen LogP contribution in [-0.4, -0.2) is 53.9 Å². The zero-order valence-corrected chi connectivity index (χ0v) is 19.7. The summed E-state index contributed by atoms with van der Waals surface area (Å²) < 4.78 is 23.2. The molecule has 2 saturated heterocycles. The molecule has 8 heteroatoms. The molecule has 6 atom stereocenters. The summed E-state index contributed by atoms with van der Waals surface area (Å²) in [5.41, 5.74) is 0.792. The number of nitrogens with zero attached hydrogens (tertiary/aromatic N) is 1. The van der Waals surface area contributed by atoms with Crippen LogP contribution in [0.5, 0.6) is 0 Å². The Kier molecular flexibility index (Phi) is 11.0. The Morgan fingerprint density at radius 2 is 1.64 bits per heavy atom. The van der Waals surface area contributed by atoms with E-state index in [9.17, 15) is 15.2 Å². The Morgan fingerprint density at radius 3 is 2.27 bits per heavy atom. The number of aliphatic hydroxyl groups is 1. The summed E-state index contributed by atoms with van der Waals surface area (Å²) in [5.74, 6) is 0. The van der Waals surface area contributed by atoms with Gasteiger partial charge in [-0.3, -0.25) is 10.1 Å². The van der Waals surface area contributed by atoms with E-state index in [0.29, 0.717) is 6.61 Å². The molecule has 0 aliphatic carbocycles. The van der Waals surface area contributed by atoms with Gasteiger partial charge in [0.1, 0.15) is 12.2 Å². The summed E-state index contributed by atoms with van der Waals surface area (Å²) in [6.45, 7) is 2.76. The van der Waals surface area contributed by atoms with E-state index < -0.39 is 41.9 Å². The topological polar surface area (TPSA) is 100 Å². The molecule has 8 nitrogen and oxygen atoms in total. The van der Waals surface area contributed by atoms with Gasteiger partial charge in [0, 0.05) is 10.5 Å². The molecule has 2 fully saturated rings. The number of rotatable bonds is 14. The van der Waals surface area contributed by atoms with E-state index in [1.807, 2.05) is 30.3 Å². The standard InChI is InChI=1S/C25H39NO7/c1-2-3-4-5-6-7-8-9-10-14-17-30-25-21(26(28)29)22(27)23-20(32-25)18-31-24(33-23)19-15-12-11-13-16-19/h11-13,15-16,20-25,27H,2-10,14,17-18H2,1H3/t20-,21-,22+,23-,24-,25-/m1/s1. The van der Waals surface area contributed by atoms with Crippen molar-refractivity contribution < 1.29 is 29.0 Å². The van der Waals surface area contributed by atoms with Crippen molar-refractivity contribution in [1.29, 1.82) is 0 Å². The van der Waals surface area contributed by atoms with Crippen LogP contribution < -0.4 is 0 Å². The largest absolute Gasteiger partial charge is 0.383 e. The minimum absolute atomic E-state index is 0.170. The molecule has 0 aromatic heterocycles. The summed E-state index contributed by atoms with van der Waals surface area (Å²) in [6, 6.07) is 7.91. The summed E-state index contributed by atoms with van der Waals surface area (Å²) in [4.78, 5) is 11.2. The number of hydrogen-bond donors (Lipinski definition) is 1. The van der Waals surface area contributed by atoms with E-state index in [1.54, 1.807) is 0 Å². The molecule has 2 aliphatic rings. The van der Waals surface area contributed by atoms with Crippen LogP contribution >= 0.6 is 0 Å². The van der Waals surface area contributed by atoms with Crippen molar-refractivity contribution in [2.75, 3.05) is 13.2 Å². The van der Waals surface area contributed by atoms with Crippen molar-refractivity contribution >= 4 is 0 Å². The molecule has 0 radical (unpaired) electrons. The maximum absolute atomic E-state index is 11.7. The van der Waals surface area contributed by atoms with Crippen LogP contribution in [0.3, 0.4) is 0 Å². The Balaban J connectivity index is 1.40. The Hall–Kier alpha value is -1.58. The molecule has 2 aliphatic heterocycles. The van der Waals surface area contributed by atoms with Crippen molar-refractivity contribution in [1.82, 2.24) is 0 Å². The normalized spacial score (nSPS) is 29.5. The number of benzene rings is 1. The summed E-state index contributed by atoms with van der Waals surface area (Å²) in [6.07, 6.45) is 7.38. The van der Waals surface area contributed by atoms with E-state index in [0.717, 1.165) is 24.8 Å². The first-order valence-electron chi connectivity index (χ1n) is 12.5. The van der Waals surface area contributed by atoms with Gasteiger partial charge in [0.25, 0.3) is 6.04 Å². The predicted octanol–water partition coefficient (Wildman–Crippen LogP) is 4.77. The molecule has 0 unspecified atom stereocenters. The van der Waals surface area contributed by atoms with Crippen molar-refractivity contribution in [2.45, 2.75) is 108 Å². The van der Waals surface area contributed by atoms with Gasteiger partial charge in [-0.2, -0.15) is 0 Å². The first-order chi connectivity index (χ1) is 16.1. The van der Waals surface area contributed by atoms with Crippen LogP contribution in [0.1, 0.15) is 83.0 Å². The van der Waals surface area contributed by atoms with E-state index in [4.69, 9.17) is 18.9 Å². The smallest absolute Gasteiger partial charge is 0.291 e. The van der Waals surface area contributed by atoms with Crippen molar-refractivity contribution in [3.05, 3.63) is 46.0 Å². The zero-order chi connectivity index (χ0) is 23.5. The monoisotopic (exact) mass is 465 g/mol. The van der Waals surface area contributed by atoms with E-state index in [1.165, 1.54) is 44.9 Å². The second-order valence-electron chi connectivity index (χ2n) is 9.04. The van der Waals surface area contributed by atoms with Crippen LogP contribution in [0.25, 0.3) is 0 Å². The van der Waals surface area contributed by atoms with Gasteiger partial charge in [-0.05, 0) is 6.42 Å². The highest BCUT2D eigenvalue weighted by Gasteiger charge is 2.55. The summed E-state index contributed by atoms with van der Waals surface area (Å²) in [7, 11) is 0. The Bertz CT molecular complexity index is 689. The lowest BCUT2D eigenvalue weighted by atomic mass is 9.96. The third-order valence-electron chi connectivity index (χ3n) is 6.43. The Labute approximate surface area is 196 Å². The highest BCUT2D eigenvalue weighted by Crippen LogP contribution is 2.35. The van der Waals surface area contributed by atoms with Gasteiger partial charge in [0.05, 0.1) is 13.2 Å². The number of hydrogen-bond acceptors (Lipinski definition) is 7. The van der Waals surface area contributed by atoms with E-state index in [2.05, 4.69) is 6.92 Å². The zero-order valence-electron chi connectivity index (χ0n) is 19.7. The van der Waals surface area contributed by atoms with E-state index >= 15 is 0 Å². The van der Waals surface area contributed by atoms with Gasteiger partial charge < -0.3 is 24.1 Å². The summed E-state index contributed by atoms with van der Waals surface area (Å²) in [5, 5.41) is 22.5. The predicted molar refractivity (Wildman–Crippen MR) is 123 cm³/mol. The van der Waals surface area contributed by atoms with E-state index in [-0.39, 0.29) is 6.61 Å². The van der Waals surface area contributed by atoms with Crippen LogP contribution in [0.2, 0.25) is 0 Å². The summed E-state index contributed by atoms with van der Waals surface area (Å²) >= 11 is 0. The number of nitro groups is 1. The molecule has 1 aromatic carbocycles. The van der Waals surface area contributed by atoms with Gasteiger partial charge in [0.15, 0.2) is 12.4 Å². The average Bonchev–Trinajstić information content (AvgIpc) is 2.82. The molecule has 1 aromatic rings. The maximum atomic E-state index is 11.7. The molecular formula is C25H39NO7. The van der Waals surface area contributed by atoms with Gasteiger partial charge in [-0.15, -0.1) is 0 Å². The highest BCUT2D eigenvalue weighted by atomic mass is 16.8. The van der Waals surface area contributed by atoms with Gasteiger partial charge in [0.2, 0.25) is 6.29 Å². The lowest BCUT2D eigenvalue weighted by Gasteiger charge is -2.44. The quantitative estimate of drug-likeness (QED) is 0.240. The molecule has 186 valence electrons. The first kappa shape index (κ1) is 26.0. The molecule has 3 rings (SSSR count). The molecule has 0 bridgehead atoms. The first-order valence-corrected chi connectivity index (χ1v) is 12.5. The molecule has 1 N–H and O–H groups in total. The number of aliphatic hydroxyl groups excluding tert-OH is 1. The minimum atomic E-state index is -1.40. The third-order valence-corrected chi connectivity index (χ3v) is 6.43. The van der Waals surface area contributed by atoms with Gasteiger partial charge in [-0.25, -0.2) is 0 Å². The second kappa shape index (κ2) is 14.0. The lowest BCUT2D eigenvalue weighted by Crippen LogP contribution is -2.64. The van der Waals surface area contributed by atoms with Crippen LogP contribution in [0.4, 0.5) is 0 Å². The molecular weight excluding hydrogens is 426 g/mol. The molecule has 0 spiro atoms. The third kappa shape index (κ3) is 7.72. The van der Waals surface area contributed by atoms with Crippen LogP contribution in [0, 0.1) is 10.1 Å². The van der Waals surface area contributed by atoms with Crippen LogP contribution in [-0.2, 0) is 18.9 Å². The average molecular weight is 466 g/mol. The highest BCUT2D eigenvalue weighted by molar-refractivity contribution is 5.16. The van der Waals surface area contributed by atoms with Crippen molar-refractivity contribution in [3.8, 4) is 0 Å². The SMILES string of the molecule is CCCCCCCCCCCCO[C@@H]1O[C@@H]2CO[C@@H](c3ccccc3)O[C@H]2[C@@H](O)[C@H]1[N+](=O)[O-]. The molecule has 33 heavy (non-hydrogen) atoms. The minimum Gasteiger partial charge on any atom is -0.383 e. The van der Waals surface area contributed by atoms with Gasteiger partial charge in [-0.1, -0.05) is 95.0 Å². The molecule has 2 heterocycles. The molecule has 0 amide bonds. The second-order valence-corrected chi connectivity index (χ2v) is 9.04. The number of fused-ring (bicyclic) bond motifs is 1. The Morgan fingerprint density at radius 1 is 1.00 bits per heavy atom. The fourth-order valence-electron chi connectivity index (χ4n) is 4.51. The molecule has 0 saturated carbocycles. The number of unbranched alkanes of at least 4 members (excludes halogenated alkanes) is 9. The lowest BCUT2D eigenvalue weighted by molar-refractivity contribution is -0.578. The van der Waals surface area contributed by atoms with Crippen LogP contribution in [0.15, 0.2) is 30.3 Å².